The molecule has 0 bridgehead atoms. The fourth-order valence-corrected chi connectivity index (χ4v) is 3.45. The highest BCUT2D eigenvalue weighted by Crippen LogP contribution is 2.30. The first-order valence-electron chi connectivity index (χ1n) is 8.03. The van der Waals surface area contributed by atoms with Crippen molar-refractivity contribution in [2.24, 2.45) is 11.8 Å². The quantitative estimate of drug-likeness (QED) is 0.632. The Kier molecular flexibility index (Phi) is 7.92. The Bertz CT molecular complexity index is 170. The van der Waals surface area contributed by atoms with E-state index < -0.39 is 0 Å². The van der Waals surface area contributed by atoms with Crippen LogP contribution in [0, 0.1) is 11.8 Å². The molecule has 0 heterocycles. The molecule has 1 N–H and O–H groups in total. The average Bonchev–Trinajstić information content (AvgIpc) is 2.59. The van der Waals surface area contributed by atoms with E-state index in [0.29, 0.717) is 0 Å². The SMILES string of the molecule is CCCNC(C(C)CCC)C1CCCCCC1. The van der Waals surface area contributed by atoms with Crippen molar-refractivity contribution in [1.29, 1.82) is 0 Å². The maximum absolute atomic E-state index is 3.85. The molecule has 1 aliphatic carbocycles. The molecule has 2 unspecified atom stereocenters. The van der Waals surface area contributed by atoms with Crippen LogP contribution in [0.15, 0.2) is 0 Å². The summed E-state index contributed by atoms with van der Waals surface area (Å²) < 4.78 is 0. The van der Waals surface area contributed by atoms with Crippen molar-refractivity contribution >= 4 is 0 Å². The maximum atomic E-state index is 3.85. The van der Waals surface area contributed by atoms with Crippen LogP contribution in [0.3, 0.4) is 0 Å². The molecule has 2 atom stereocenters. The summed E-state index contributed by atoms with van der Waals surface area (Å²) >= 11 is 0. The zero-order chi connectivity index (χ0) is 12.5. The van der Waals surface area contributed by atoms with E-state index in [1.165, 1.54) is 64.3 Å². The first-order valence-corrected chi connectivity index (χ1v) is 8.03. The molecule has 1 saturated carbocycles. The van der Waals surface area contributed by atoms with Gasteiger partial charge in [0, 0.05) is 6.04 Å². The lowest BCUT2D eigenvalue weighted by Crippen LogP contribution is -2.41. The van der Waals surface area contributed by atoms with E-state index in [0.717, 1.165) is 17.9 Å². The van der Waals surface area contributed by atoms with Gasteiger partial charge in [-0.15, -0.1) is 0 Å². The smallest absolute Gasteiger partial charge is 0.0121 e. The molecular weight excluding hydrogens is 206 g/mol. The molecule has 17 heavy (non-hydrogen) atoms. The van der Waals surface area contributed by atoms with Crippen molar-refractivity contribution in [3.63, 3.8) is 0 Å². The van der Waals surface area contributed by atoms with Crippen LogP contribution in [0.5, 0.6) is 0 Å². The Morgan fingerprint density at radius 3 is 2.18 bits per heavy atom. The summed E-state index contributed by atoms with van der Waals surface area (Å²) in [6.07, 6.45) is 12.8. The largest absolute Gasteiger partial charge is 0.313 e. The van der Waals surface area contributed by atoms with E-state index in [9.17, 15) is 0 Å². The highest BCUT2D eigenvalue weighted by Gasteiger charge is 2.26. The van der Waals surface area contributed by atoms with Gasteiger partial charge in [0.2, 0.25) is 0 Å². The second kappa shape index (κ2) is 8.97. The topological polar surface area (TPSA) is 12.0 Å². The minimum absolute atomic E-state index is 0.785. The van der Waals surface area contributed by atoms with Crippen LogP contribution in [-0.2, 0) is 0 Å². The summed E-state index contributed by atoms with van der Waals surface area (Å²) in [6, 6.07) is 0.785. The summed E-state index contributed by atoms with van der Waals surface area (Å²) in [6.45, 7) is 8.26. The molecule has 0 aliphatic heterocycles. The van der Waals surface area contributed by atoms with Crippen LogP contribution in [-0.4, -0.2) is 12.6 Å². The summed E-state index contributed by atoms with van der Waals surface area (Å²) in [4.78, 5) is 0. The number of hydrogen-bond donors (Lipinski definition) is 1. The highest BCUT2D eigenvalue weighted by molar-refractivity contribution is 4.82. The Labute approximate surface area is 109 Å². The molecular formula is C16H33N. The Balaban J connectivity index is 2.52. The third-order valence-electron chi connectivity index (χ3n) is 4.39. The van der Waals surface area contributed by atoms with Gasteiger partial charge in [-0.05, 0) is 44.1 Å². The van der Waals surface area contributed by atoms with E-state index in [-0.39, 0.29) is 0 Å². The van der Waals surface area contributed by atoms with Crippen LogP contribution in [0.2, 0.25) is 0 Å². The maximum Gasteiger partial charge on any atom is 0.0121 e. The normalized spacial score (nSPS) is 22.1. The van der Waals surface area contributed by atoms with Gasteiger partial charge in [0.15, 0.2) is 0 Å². The van der Waals surface area contributed by atoms with E-state index in [2.05, 4.69) is 26.1 Å². The first-order chi connectivity index (χ1) is 8.29. The molecule has 0 radical (unpaired) electrons. The molecule has 1 aliphatic rings. The first kappa shape index (κ1) is 15.0. The Morgan fingerprint density at radius 2 is 1.65 bits per heavy atom. The number of hydrogen-bond acceptors (Lipinski definition) is 1. The third kappa shape index (κ3) is 5.42. The van der Waals surface area contributed by atoms with Gasteiger partial charge in [-0.25, -0.2) is 0 Å². The van der Waals surface area contributed by atoms with Crippen molar-refractivity contribution in [2.75, 3.05) is 6.54 Å². The highest BCUT2D eigenvalue weighted by atomic mass is 14.9. The predicted octanol–water partition coefficient (Wildman–Crippen LogP) is 4.76. The van der Waals surface area contributed by atoms with Gasteiger partial charge in [0.25, 0.3) is 0 Å². The van der Waals surface area contributed by atoms with Crippen LogP contribution in [0.1, 0.15) is 78.6 Å². The van der Waals surface area contributed by atoms with Crippen molar-refractivity contribution < 1.29 is 0 Å². The molecule has 0 aromatic heterocycles. The lowest BCUT2D eigenvalue weighted by atomic mass is 9.82. The lowest BCUT2D eigenvalue weighted by Gasteiger charge is -2.32. The van der Waals surface area contributed by atoms with Crippen LogP contribution >= 0.6 is 0 Å². The molecule has 1 nitrogen and oxygen atoms in total. The van der Waals surface area contributed by atoms with Crippen molar-refractivity contribution in [1.82, 2.24) is 5.32 Å². The van der Waals surface area contributed by atoms with E-state index in [1.807, 2.05) is 0 Å². The van der Waals surface area contributed by atoms with Crippen molar-refractivity contribution in [2.45, 2.75) is 84.6 Å². The lowest BCUT2D eigenvalue weighted by molar-refractivity contribution is 0.237. The fourth-order valence-electron chi connectivity index (χ4n) is 3.45. The summed E-state index contributed by atoms with van der Waals surface area (Å²) in [5.74, 6) is 1.81. The van der Waals surface area contributed by atoms with Crippen LogP contribution in [0.25, 0.3) is 0 Å². The zero-order valence-electron chi connectivity index (χ0n) is 12.3. The van der Waals surface area contributed by atoms with Gasteiger partial charge in [0.1, 0.15) is 0 Å². The molecule has 0 aromatic rings. The molecule has 102 valence electrons. The molecule has 1 rings (SSSR count). The average molecular weight is 239 g/mol. The monoisotopic (exact) mass is 239 g/mol. The summed E-state index contributed by atoms with van der Waals surface area (Å²) in [5.41, 5.74) is 0. The van der Waals surface area contributed by atoms with E-state index in [1.54, 1.807) is 0 Å². The van der Waals surface area contributed by atoms with E-state index in [4.69, 9.17) is 0 Å². The van der Waals surface area contributed by atoms with Gasteiger partial charge in [-0.2, -0.15) is 0 Å². The molecule has 0 amide bonds. The van der Waals surface area contributed by atoms with Gasteiger partial charge in [-0.1, -0.05) is 52.9 Å². The second-order valence-corrected chi connectivity index (χ2v) is 6.00. The predicted molar refractivity (Wildman–Crippen MR) is 77.3 cm³/mol. The zero-order valence-corrected chi connectivity index (χ0v) is 12.3. The Morgan fingerprint density at radius 1 is 1.00 bits per heavy atom. The summed E-state index contributed by atoms with van der Waals surface area (Å²) in [5, 5.41) is 3.85. The molecule has 0 aromatic carbocycles. The van der Waals surface area contributed by atoms with Crippen molar-refractivity contribution in [3.8, 4) is 0 Å². The van der Waals surface area contributed by atoms with Crippen molar-refractivity contribution in [3.05, 3.63) is 0 Å². The number of rotatable bonds is 7. The van der Waals surface area contributed by atoms with Crippen LogP contribution in [0.4, 0.5) is 0 Å². The summed E-state index contributed by atoms with van der Waals surface area (Å²) in [7, 11) is 0. The molecule has 1 fully saturated rings. The standard InChI is InChI=1S/C16H33N/c1-4-10-14(3)16(17-13-5-2)15-11-8-6-7-9-12-15/h14-17H,4-13H2,1-3H3. The van der Waals surface area contributed by atoms with Gasteiger partial charge >= 0.3 is 0 Å². The van der Waals surface area contributed by atoms with Gasteiger partial charge < -0.3 is 5.32 Å². The second-order valence-electron chi connectivity index (χ2n) is 6.00. The Hall–Kier alpha value is -0.0400. The minimum atomic E-state index is 0.785. The molecule has 0 saturated heterocycles. The van der Waals surface area contributed by atoms with Gasteiger partial charge in [0.05, 0.1) is 0 Å². The van der Waals surface area contributed by atoms with E-state index >= 15 is 0 Å². The third-order valence-corrected chi connectivity index (χ3v) is 4.39. The molecule has 1 heteroatoms. The number of nitrogens with one attached hydrogen (secondary N) is 1. The molecule has 0 spiro atoms. The van der Waals surface area contributed by atoms with Crippen LogP contribution < -0.4 is 5.32 Å². The van der Waals surface area contributed by atoms with Gasteiger partial charge in [-0.3, -0.25) is 0 Å². The fraction of sp³-hybridized carbons (Fsp3) is 1.00. The minimum Gasteiger partial charge on any atom is -0.313 e.